The highest BCUT2D eigenvalue weighted by Crippen LogP contribution is 2.25. The third-order valence-electron chi connectivity index (χ3n) is 3.16. The molecule has 94 valence electrons. The number of phenolic OH excluding ortho intramolecular Hbond substituents is 1. The van der Waals surface area contributed by atoms with Crippen LogP contribution in [0.15, 0.2) is 60.7 Å². The summed E-state index contributed by atoms with van der Waals surface area (Å²) >= 11 is 0. The molecule has 3 rings (SSSR count). The monoisotopic (exact) mass is 249 g/mol. The maximum atomic E-state index is 9.45. The average molecular weight is 249 g/mol. The number of aromatic hydroxyl groups is 1. The normalized spacial score (nSPS) is 10.6. The predicted molar refractivity (Wildman–Crippen MR) is 80.1 cm³/mol. The highest BCUT2D eigenvalue weighted by Gasteiger charge is 1.99. The quantitative estimate of drug-likeness (QED) is 0.695. The summed E-state index contributed by atoms with van der Waals surface area (Å²) in [6.45, 7) is 2.08. The molecular weight excluding hydrogens is 234 g/mol. The molecule has 0 aliphatic rings. The predicted octanol–water partition coefficient (Wildman–Crippen LogP) is 4.60. The number of fused-ring (bicyclic) bond motifs is 1. The molecule has 0 bridgehead atoms. The van der Waals surface area contributed by atoms with E-state index in [0.717, 1.165) is 22.1 Å². The number of aryl methyl sites for hydroxylation is 1. The molecule has 0 saturated heterocycles. The van der Waals surface area contributed by atoms with Gasteiger partial charge in [0.2, 0.25) is 0 Å². The van der Waals surface area contributed by atoms with E-state index in [1.807, 2.05) is 18.2 Å². The van der Waals surface area contributed by atoms with Crippen LogP contribution in [-0.4, -0.2) is 5.11 Å². The maximum Gasteiger partial charge on any atom is 0.116 e. The smallest absolute Gasteiger partial charge is 0.116 e. The van der Waals surface area contributed by atoms with Crippen LogP contribution in [0.1, 0.15) is 5.56 Å². The van der Waals surface area contributed by atoms with Crippen molar-refractivity contribution in [2.75, 3.05) is 5.32 Å². The van der Waals surface area contributed by atoms with Crippen LogP contribution in [0.5, 0.6) is 5.75 Å². The van der Waals surface area contributed by atoms with Crippen molar-refractivity contribution in [3.05, 3.63) is 66.2 Å². The average Bonchev–Trinajstić information content (AvgIpc) is 2.42. The van der Waals surface area contributed by atoms with Crippen LogP contribution in [0.4, 0.5) is 11.4 Å². The van der Waals surface area contributed by atoms with Crippen molar-refractivity contribution in [3.63, 3.8) is 0 Å². The molecule has 3 aromatic carbocycles. The van der Waals surface area contributed by atoms with E-state index in [2.05, 4.69) is 42.6 Å². The molecule has 0 heterocycles. The molecular formula is C17H15NO. The largest absolute Gasteiger partial charge is 0.508 e. The number of nitrogens with one attached hydrogen (secondary N) is 1. The zero-order valence-electron chi connectivity index (χ0n) is 10.7. The van der Waals surface area contributed by atoms with Crippen molar-refractivity contribution in [2.24, 2.45) is 0 Å². The molecule has 0 aliphatic heterocycles. The number of rotatable bonds is 2. The van der Waals surface area contributed by atoms with Crippen LogP contribution < -0.4 is 5.32 Å². The van der Waals surface area contributed by atoms with Crippen molar-refractivity contribution >= 4 is 22.1 Å². The van der Waals surface area contributed by atoms with E-state index in [0.29, 0.717) is 5.75 Å². The summed E-state index contributed by atoms with van der Waals surface area (Å²) in [4.78, 5) is 0. The third-order valence-corrected chi connectivity index (χ3v) is 3.16. The van der Waals surface area contributed by atoms with Gasteiger partial charge in [0.15, 0.2) is 0 Å². The second kappa shape index (κ2) is 4.65. The Morgan fingerprint density at radius 2 is 1.37 bits per heavy atom. The summed E-state index contributed by atoms with van der Waals surface area (Å²) in [5.74, 6) is 0.298. The van der Waals surface area contributed by atoms with Gasteiger partial charge in [0.05, 0.1) is 0 Å². The van der Waals surface area contributed by atoms with Gasteiger partial charge in [-0.25, -0.2) is 0 Å². The van der Waals surface area contributed by atoms with Crippen LogP contribution in [0, 0.1) is 6.92 Å². The fraction of sp³-hybridized carbons (Fsp3) is 0.0588. The second-order valence-electron chi connectivity index (χ2n) is 4.74. The minimum absolute atomic E-state index is 0.298. The first-order valence-corrected chi connectivity index (χ1v) is 6.27. The van der Waals surface area contributed by atoms with E-state index >= 15 is 0 Å². The molecule has 2 heteroatoms. The summed E-state index contributed by atoms with van der Waals surface area (Å²) in [6, 6.07) is 19.8. The lowest BCUT2D eigenvalue weighted by molar-refractivity contribution is 0.476. The van der Waals surface area contributed by atoms with E-state index in [4.69, 9.17) is 0 Å². The van der Waals surface area contributed by atoms with Gasteiger partial charge >= 0.3 is 0 Å². The van der Waals surface area contributed by atoms with Crippen molar-refractivity contribution in [1.82, 2.24) is 0 Å². The Balaban J connectivity index is 1.93. The van der Waals surface area contributed by atoms with Crippen LogP contribution in [0.3, 0.4) is 0 Å². The molecule has 0 amide bonds. The molecule has 0 fully saturated rings. The number of hydrogen-bond acceptors (Lipinski definition) is 2. The van der Waals surface area contributed by atoms with Gasteiger partial charge in [-0.05, 0) is 54.1 Å². The molecule has 0 aliphatic carbocycles. The Morgan fingerprint density at radius 1 is 0.737 bits per heavy atom. The fourth-order valence-electron chi connectivity index (χ4n) is 2.11. The fourth-order valence-corrected chi connectivity index (χ4v) is 2.11. The Bertz CT molecular complexity index is 717. The lowest BCUT2D eigenvalue weighted by Gasteiger charge is -2.08. The molecule has 2 nitrogen and oxygen atoms in total. The Hall–Kier alpha value is -2.48. The minimum atomic E-state index is 0.298. The SMILES string of the molecule is Cc1ccc(Nc2ccc3cc(O)ccc3c2)cc1. The standard InChI is InChI=1S/C17H15NO/c1-12-2-6-15(7-3-12)18-16-8-4-14-11-17(19)9-5-13(14)10-16/h2-11,18-19H,1H3. The topological polar surface area (TPSA) is 32.3 Å². The Morgan fingerprint density at radius 3 is 2.16 bits per heavy atom. The lowest BCUT2D eigenvalue weighted by atomic mass is 10.1. The molecule has 2 N–H and O–H groups in total. The molecule has 0 spiro atoms. The van der Waals surface area contributed by atoms with E-state index < -0.39 is 0 Å². The summed E-state index contributed by atoms with van der Waals surface area (Å²) < 4.78 is 0. The number of benzene rings is 3. The van der Waals surface area contributed by atoms with Gasteiger partial charge in [0.25, 0.3) is 0 Å². The summed E-state index contributed by atoms with van der Waals surface area (Å²) in [7, 11) is 0. The Kier molecular flexibility index (Phi) is 2.84. The number of anilines is 2. The first-order valence-electron chi connectivity index (χ1n) is 6.27. The first kappa shape index (κ1) is 11.6. The molecule has 0 saturated carbocycles. The molecule has 0 unspecified atom stereocenters. The van der Waals surface area contributed by atoms with E-state index in [-0.39, 0.29) is 0 Å². The third kappa shape index (κ3) is 2.52. The van der Waals surface area contributed by atoms with E-state index in [1.165, 1.54) is 5.56 Å². The number of phenols is 1. The molecule has 19 heavy (non-hydrogen) atoms. The van der Waals surface area contributed by atoms with Gasteiger partial charge in [-0.15, -0.1) is 0 Å². The van der Waals surface area contributed by atoms with Gasteiger partial charge in [0.1, 0.15) is 5.75 Å². The highest BCUT2D eigenvalue weighted by molar-refractivity contribution is 5.87. The highest BCUT2D eigenvalue weighted by atomic mass is 16.3. The molecule has 0 aromatic heterocycles. The van der Waals surface area contributed by atoms with Gasteiger partial charge < -0.3 is 10.4 Å². The van der Waals surface area contributed by atoms with Crippen LogP contribution in [0.25, 0.3) is 10.8 Å². The van der Waals surface area contributed by atoms with Gasteiger partial charge in [0, 0.05) is 11.4 Å². The van der Waals surface area contributed by atoms with E-state index in [9.17, 15) is 5.11 Å². The zero-order valence-corrected chi connectivity index (χ0v) is 10.7. The van der Waals surface area contributed by atoms with Crippen LogP contribution in [0.2, 0.25) is 0 Å². The summed E-state index contributed by atoms with van der Waals surface area (Å²) in [6.07, 6.45) is 0. The van der Waals surface area contributed by atoms with Crippen molar-refractivity contribution in [1.29, 1.82) is 0 Å². The van der Waals surface area contributed by atoms with E-state index in [1.54, 1.807) is 12.1 Å². The van der Waals surface area contributed by atoms with Gasteiger partial charge in [-0.3, -0.25) is 0 Å². The van der Waals surface area contributed by atoms with Crippen LogP contribution >= 0.6 is 0 Å². The Labute approximate surface area is 112 Å². The second-order valence-corrected chi connectivity index (χ2v) is 4.74. The van der Waals surface area contributed by atoms with Crippen LogP contribution in [-0.2, 0) is 0 Å². The summed E-state index contributed by atoms with van der Waals surface area (Å²) in [5, 5.41) is 15.0. The lowest BCUT2D eigenvalue weighted by Crippen LogP contribution is -1.89. The summed E-state index contributed by atoms with van der Waals surface area (Å²) in [5.41, 5.74) is 3.37. The maximum absolute atomic E-state index is 9.45. The van der Waals surface area contributed by atoms with Crippen molar-refractivity contribution < 1.29 is 5.11 Å². The molecule has 3 aromatic rings. The molecule has 0 radical (unpaired) electrons. The first-order chi connectivity index (χ1) is 9.20. The van der Waals surface area contributed by atoms with Crippen molar-refractivity contribution in [3.8, 4) is 5.75 Å². The van der Waals surface area contributed by atoms with Gasteiger partial charge in [-0.2, -0.15) is 0 Å². The van der Waals surface area contributed by atoms with Gasteiger partial charge in [-0.1, -0.05) is 29.8 Å². The zero-order chi connectivity index (χ0) is 13.2. The number of hydrogen-bond donors (Lipinski definition) is 2. The van der Waals surface area contributed by atoms with Crippen molar-refractivity contribution in [2.45, 2.75) is 6.92 Å². The minimum Gasteiger partial charge on any atom is -0.508 e. The molecule has 0 atom stereocenters.